The van der Waals surface area contributed by atoms with Gasteiger partial charge in [0.25, 0.3) is 0 Å². The van der Waals surface area contributed by atoms with Crippen LogP contribution in [0.1, 0.15) is 19.4 Å². The van der Waals surface area contributed by atoms with Crippen LogP contribution in [-0.4, -0.2) is 5.11 Å². The van der Waals surface area contributed by atoms with Crippen LogP contribution < -0.4 is 0 Å². The number of phenolic OH excluding ortho intramolecular Hbond substituents is 1. The lowest BCUT2D eigenvalue weighted by Crippen LogP contribution is -2.11. The second kappa shape index (κ2) is 4.84. The molecular weight excluding hydrogens is 228 g/mol. The van der Waals surface area contributed by atoms with Gasteiger partial charge in [0.1, 0.15) is 5.75 Å². The Morgan fingerprint density at radius 3 is 2.06 bits per heavy atom. The van der Waals surface area contributed by atoms with Crippen molar-refractivity contribution in [1.82, 2.24) is 0 Å². The average molecular weight is 244 g/mol. The van der Waals surface area contributed by atoms with Crippen LogP contribution in [0.15, 0.2) is 59.5 Å². The highest BCUT2D eigenvalue weighted by molar-refractivity contribution is 8.00. The topological polar surface area (TPSA) is 20.2 Å². The Hall–Kier alpha value is -1.41. The molecule has 0 bridgehead atoms. The fourth-order valence-electron chi connectivity index (χ4n) is 1.71. The molecule has 0 saturated heterocycles. The first-order valence-corrected chi connectivity index (χ1v) is 6.43. The molecule has 0 radical (unpaired) electrons. The molecule has 0 aromatic heterocycles. The maximum atomic E-state index is 9.26. The van der Waals surface area contributed by atoms with Crippen LogP contribution in [0.2, 0.25) is 0 Å². The Bertz CT molecular complexity index is 474. The zero-order valence-electron chi connectivity index (χ0n) is 10.1. The van der Waals surface area contributed by atoms with E-state index >= 15 is 0 Å². The van der Waals surface area contributed by atoms with E-state index in [1.165, 1.54) is 5.56 Å². The maximum absolute atomic E-state index is 9.26. The lowest BCUT2D eigenvalue weighted by molar-refractivity contribution is 0.475. The Morgan fingerprint density at radius 1 is 0.882 bits per heavy atom. The minimum atomic E-state index is 0.0260. The fourth-order valence-corrected chi connectivity index (χ4v) is 2.82. The van der Waals surface area contributed by atoms with Gasteiger partial charge in [0.15, 0.2) is 0 Å². The monoisotopic (exact) mass is 244 g/mol. The van der Waals surface area contributed by atoms with Crippen molar-refractivity contribution in [2.45, 2.75) is 23.5 Å². The summed E-state index contributed by atoms with van der Waals surface area (Å²) in [5.74, 6) is 0.312. The van der Waals surface area contributed by atoms with Crippen molar-refractivity contribution in [3.05, 3.63) is 60.2 Å². The molecule has 88 valence electrons. The van der Waals surface area contributed by atoms with E-state index in [0.29, 0.717) is 5.75 Å². The lowest BCUT2D eigenvalue weighted by atomic mass is 10.0. The Labute approximate surface area is 107 Å². The van der Waals surface area contributed by atoms with E-state index in [2.05, 4.69) is 38.1 Å². The zero-order chi connectivity index (χ0) is 12.3. The molecule has 0 amide bonds. The summed E-state index contributed by atoms with van der Waals surface area (Å²) in [6, 6.07) is 17.8. The molecule has 0 heterocycles. The molecule has 0 fully saturated rings. The highest BCUT2D eigenvalue weighted by Crippen LogP contribution is 2.40. The predicted molar refractivity (Wildman–Crippen MR) is 73.4 cm³/mol. The molecular formula is C15H16OS. The van der Waals surface area contributed by atoms with Crippen molar-refractivity contribution in [3.63, 3.8) is 0 Å². The molecule has 0 unspecified atom stereocenters. The number of thioether (sulfide) groups is 1. The minimum absolute atomic E-state index is 0.0260. The van der Waals surface area contributed by atoms with Crippen molar-refractivity contribution < 1.29 is 5.11 Å². The number of hydrogen-bond acceptors (Lipinski definition) is 2. The van der Waals surface area contributed by atoms with E-state index in [1.807, 2.05) is 18.2 Å². The van der Waals surface area contributed by atoms with Gasteiger partial charge in [-0.05, 0) is 43.7 Å². The number of phenols is 1. The summed E-state index contributed by atoms with van der Waals surface area (Å²) in [4.78, 5) is 1.16. The molecule has 2 aromatic carbocycles. The minimum Gasteiger partial charge on any atom is -0.508 e. The van der Waals surface area contributed by atoms with Gasteiger partial charge in [0.05, 0.1) is 0 Å². The quantitative estimate of drug-likeness (QED) is 0.806. The summed E-state index contributed by atoms with van der Waals surface area (Å²) in [7, 11) is 0. The van der Waals surface area contributed by atoms with Crippen molar-refractivity contribution >= 4 is 11.8 Å². The highest BCUT2D eigenvalue weighted by Gasteiger charge is 2.21. The summed E-state index contributed by atoms with van der Waals surface area (Å²) in [6.45, 7) is 4.42. The largest absolute Gasteiger partial charge is 0.508 e. The fraction of sp³-hybridized carbons (Fsp3) is 0.200. The van der Waals surface area contributed by atoms with Crippen LogP contribution in [0.5, 0.6) is 5.75 Å². The highest BCUT2D eigenvalue weighted by atomic mass is 32.2. The third-order valence-electron chi connectivity index (χ3n) is 2.68. The third kappa shape index (κ3) is 3.04. The molecule has 0 aliphatic rings. The van der Waals surface area contributed by atoms with Gasteiger partial charge in [-0.3, -0.25) is 0 Å². The summed E-state index contributed by atoms with van der Waals surface area (Å²) in [6.07, 6.45) is 0. The van der Waals surface area contributed by atoms with E-state index in [-0.39, 0.29) is 4.75 Å². The van der Waals surface area contributed by atoms with Crippen LogP contribution in [-0.2, 0) is 4.75 Å². The van der Waals surface area contributed by atoms with Crippen molar-refractivity contribution in [2.75, 3.05) is 0 Å². The summed E-state index contributed by atoms with van der Waals surface area (Å²) >= 11 is 1.80. The Kier molecular flexibility index (Phi) is 3.43. The smallest absolute Gasteiger partial charge is 0.115 e. The van der Waals surface area contributed by atoms with Crippen LogP contribution in [0.3, 0.4) is 0 Å². The van der Waals surface area contributed by atoms with Gasteiger partial charge in [-0.2, -0.15) is 0 Å². The molecule has 1 N–H and O–H groups in total. The summed E-state index contributed by atoms with van der Waals surface area (Å²) in [5, 5.41) is 9.26. The average Bonchev–Trinajstić information content (AvgIpc) is 2.33. The molecule has 0 saturated carbocycles. The van der Waals surface area contributed by atoms with Crippen LogP contribution in [0.25, 0.3) is 0 Å². The second-order valence-electron chi connectivity index (χ2n) is 4.47. The van der Waals surface area contributed by atoms with Gasteiger partial charge in [0.2, 0.25) is 0 Å². The van der Waals surface area contributed by atoms with Gasteiger partial charge < -0.3 is 5.11 Å². The third-order valence-corrected chi connectivity index (χ3v) is 3.93. The normalized spacial score (nSPS) is 11.4. The first-order valence-electron chi connectivity index (χ1n) is 5.61. The van der Waals surface area contributed by atoms with E-state index in [4.69, 9.17) is 0 Å². The second-order valence-corrected chi connectivity index (χ2v) is 6.17. The standard InChI is InChI=1S/C15H16OS/c1-15(2,12-6-4-3-5-7-12)17-14-10-8-13(16)9-11-14/h3-11,16H,1-2H3. The van der Waals surface area contributed by atoms with E-state index in [0.717, 1.165) is 4.90 Å². The van der Waals surface area contributed by atoms with Crippen LogP contribution in [0.4, 0.5) is 0 Å². The number of aromatic hydroxyl groups is 1. The van der Waals surface area contributed by atoms with Crippen LogP contribution >= 0.6 is 11.8 Å². The van der Waals surface area contributed by atoms with E-state index in [9.17, 15) is 5.11 Å². The molecule has 2 aromatic rings. The molecule has 0 atom stereocenters. The SMILES string of the molecule is CC(C)(Sc1ccc(O)cc1)c1ccccc1. The van der Waals surface area contributed by atoms with Crippen molar-refractivity contribution in [1.29, 1.82) is 0 Å². The molecule has 0 aliphatic heterocycles. The summed E-state index contributed by atoms with van der Waals surface area (Å²) < 4.78 is 0.0260. The maximum Gasteiger partial charge on any atom is 0.115 e. The number of hydrogen-bond donors (Lipinski definition) is 1. The molecule has 2 heteroatoms. The molecule has 2 rings (SSSR count). The van der Waals surface area contributed by atoms with E-state index in [1.54, 1.807) is 23.9 Å². The molecule has 1 nitrogen and oxygen atoms in total. The van der Waals surface area contributed by atoms with Gasteiger partial charge in [-0.15, -0.1) is 11.8 Å². The first-order chi connectivity index (χ1) is 8.08. The van der Waals surface area contributed by atoms with Gasteiger partial charge in [0, 0.05) is 9.64 Å². The molecule has 0 spiro atoms. The predicted octanol–water partition coefficient (Wildman–Crippen LogP) is 4.42. The number of rotatable bonds is 3. The molecule has 0 aliphatic carbocycles. The molecule has 17 heavy (non-hydrogen) atoms. The van der Waals surface area contributed by atoms with Gasteiger partial charge >= 0.3 is 0 Å². The first kappa shape index (κ1) is 12.1. The van der Waals surface area contributed by atoms with Crippen molar-refractivity contribution in [2.24, 2.45) is 0 Å². The lowest BCUT2D eigenvalue weighted by Gasteiger charge is -2.24. The Morgan fingerprint density at radius 2 is 1.47 bits per heavy atom. The van der Waals surface area contributed by atoms with E-state index < -0.39 is 0 Å². The van der Waals surface area contributed by atoms with Gasteiger partial charge in [-0.25, -0.2) is 0 Å². The zero-order valence-corrected chi connectivity index (χ0v) is 10.9. The number of benzene rings is 2. The van der Waals surface area contributed by atoms with Crippen LogP contribution in [0, 0.1) is 0 Å². The van der Waals surface area contributed by atoms with Gasteiger partial charge in [-0.1, -0.05) is 30.3 Å². The summed E-state index contributed by atoms with van der Waals surface area (Å²) in [5.41, 5.74) is 1.30. The Balaban J connectivity index is 2.20. The van der Waals surface area contributed by atoms with Crippen molar-refractivity contribution in [3.8, 4) is 5.75 Å².